The van der Waals surface area contributed by atoms with Gasteiger partial charge in [0, 0.05) is 37.6 Å². The summed E-state index contributed by atoms with van der Waals surface area (Å²) in [5.74, 6) is 1.83. The van der Waals surface area contributed by atoms with Gasteiger partial charge in [0.25, 0.3) is 5.91 Å². The highest BCUT2D eigenvalue weighted by Gasteiger charge is 2.42. The fourth-order valence-corrected chi connectivity index (χ4v) is 5.87. The van der Waals surface area contributed by atoms with Crippen LogP contribution < -0.4 is 14.5 Å². The zero-order valence-electron chi connectivity index (χ0n) is 22.0. The van der Waals surface area contributed by atoms with Crippen molar-refractivity contribution in [2.45, 2.75) is 51.6 Å². The van der Waals surface area contributed by atoms with Crippen LogP contribution in [0.15, 0.2) is 48.5 Å². The first-order chi connectivity index (χ1) is 17.5. The smallest absolute Gasteiger partial charge is 0.253 e. The maximum Gasteiger partial charge on any atom is 0.253 e. The summed E-state index contributed by atoms with van der Waals surface area (Å²) in [5.41, 5.74) is 3.13. The van der Waals surface area contributed by atoms with Gasteiger partial charge in [-0.2, -0.15) is 0 Å². The average Bonchev–Trinajstić information content (AvgIpc) is 2.90. The van der Waals surface area contributed by atoms with Gasteiger partial charge in [0.05, 0.1) is 18.8 Å². The molecule has 0 bridgehead atoms. The van der Waals surface area contributed by atoms with Crippen LogP contribution in [0.3, 0.4) is 0 Å². The highest BCUT2D eigenvalue weighted by Crippen LogP contribution is 2.34. The van der Waals surface area contributed by atoms with Crippen molar-refractivity contribution in [2.75, 3.05) is 62.3 Å². The summed E-state index contributed by atoms with van der Waals surface area (Å²) in [6, 6.07) is 16.7. The molecule has 3 saturated heterocycles. The molecule has 2 aromatic carbocycles. The number of carbonyl (C=O) groups excluding carboxylic acids is 1. The molecule has 2 aromatic rings. The summed E-state index contributed by atoms with van der Waals surface area (Å²) in [7, 11) is 0. The van der Waals surface area contributed by atoms with E-state index in [1.54, 1.807) is 0 Å². The number of rotatable bonds is 7. The normalized spacial score (nSPS) is 22.7. The van der Waals surface area contributed by atoms with E-state index in [0.717, 1.165) is 62.9 Å². The quantitative estimate of drug-likeness (QED) is 0.516. The van der Waals surface area contributed by atoms with E-state index in [1.165, 1.54) is 37.2 Å². The van der Waals surface area contributed by atoms with E-state index < -0.39 is 0 Å². The predicted octanol–water partition coefficient (Wildman–Crippen LogP) is 4.90. The summed E-state index contributed by atoms with van der Waals surface area (Å²) in [6.07, 6.45) is 5.60. The van der Waals surface area contributed by atoms with Crippen LogP contribution in [0, 0.1) is 12.8 Å². The number of carbonyl (C=O) groups is 1. The number of nitrogens with zero attached hydrogens (tertiary/aromatic N) is 3. The van der Waals surface area contributed by atoms with Crippen molar-refractivity contribution in [3.05, 3.63) is 54.1 Å². The SMILES string of the molecule is Cc1ccc(N2CC3(CCN(c4ccc(OCCCN5CCC[C@H](C)C5)cc4)CC3)OCC2=O)cc1. The zero-order valence-corrected chi connectivity index (χ0v) is 22.0. The van der Waals surface area contributed by atoms with Gasteiger partial charge < -0.3 is 24.2 Å². The molecule has 0 aliphatic carbocycles. The standard InChI is InChI=1S/C30H41N3O3/c1-24-6-8-27(9-7-24)33-23-30(36-22-29(33)34)14-18-32(19-15-30)26-10-12-28(13-11-26)35-20-4-17-31-16-3-5-25(2)21-31/h6-13,25H,3-5,14-23H2,1-2H3/t25-/m0/s1. The van der Waals surface area contributed by atoms with Crippen molar-refractivity contribution in [3.8, 4) is 5.75 Å². The van der Waals surface area contributed by atoms with Crippen molar-refractivity contribution in [3.63, 3.8) is 0 Å². The lowest BCUT2D eigenvalue weighted by atomic mass is 9.88. The molecule has 0 N–H and O–H groups in total. The number of hydrogen-bond donors (Lipinski definition) is 0. The summed E-state index contributed by atoms with van der Waals surface area (Å²) in [5, 5.41) is 0. The van der Waals surface area contributed by atoms with Crippen LogP contribution in [0.25, 0.3) is 0 Å². The fraction of sp³-hybridized carbons (Fsp3) is 0.567. The van der Waals surface area contributed by atoms with E-state index in [-0.39, 0.29) is 18.1 Å². The topological polar surface area (TPSA) is 45.2 Å². The molecule has 3 fully saturated rings. The molecule has 0 radical (unpaired) electrons. The molecule has 0 aromatic heterocycles. The van der Waals surface area contributed by atoms with Crippen LogP contribution in [0.2, 0.25) is 0 Å². The third-order valence-electron chi connectivity index (χ3n) is 8.10. The van der Waals surface area contributed by atoms with Crippen LogP contribution in [0.5, 0.6) is 5.75 Å². The molecule has 1 spiro atoms. The van der Waals surface area contributed by atoms with Crippen LogP contribution in [0.1, 0.15) is 44.6 Å². The Morgan fingerprint density at radius 2 is 1.72 bits per heavy atom. The molecule has 3 aliphatic rings. The second kappa shape index (κ2) is 11.2. The molecule has 6 heteroatoms. The number of benzene rings is 2. The average molecular weight is 492 g/mol. The Labute approximate surface area is 216 Å². The Morgan fingerprint density at radius 3 is 2.44 bits per heavy atom. The van der Waals surface area contributed by atoms with E-state index >= 15 is 0 Å². The minimum atomic E-state index is -0.259. The molecule has 36 heavy (non-hydrogen) atoms. The number of piperidine rings is 2. The van der Waals surface area contributed by atoms with Gasteiger partial charge in [-0.25, -0.2) is 0 Å². The van der Waals surface area contributed by atoms with Crippen LogP contribution in [-0.4, -0.2) is 68.9 Å². The number of hydrogen-bond acceptors (Lipinski definition) is 5. The predicted molar refractivity (Wildman–Crippen MR) is 145 cm³/mol. The van der Waals surface area contributed by atoms with E-state index in [0.29, 0.717) is 6.54 Å². The van der Waals surface area contributed by atoms with Gasteiger partial charge in [0.2, 0.25) is 0 Å². The van der Waals surface area contributed by atoms with E-state index in [1.807, 2.05) is 17.0 Å². The number of anilines is 2. The molecule has 1 atom stereocenters. The van der Waals surface area contributed by atoms with Gasteiger partial charge in [-0.05, 0) is 87.9 Å². The molecule has 5 rings (SSSR count). The summed E-state index contributed by atoms with van der Waals surface area (Å²) >= 11 is 0. The zero-order chi connectivity index (χ0) is 25.0. The number of ether oxygens (including phenoxy) is 2. The number of morpholine rings is 1. The third-order valence-corrected chi connectivity index (χ3v) is 8.10. The fourth-order valence-electron chi connectivity index (χ4n) is 5.87. The Kier molecular flexibility index (Phi) is 7.82. The Bertz CT molecular complexity index is 999. The first-order valence-electron chi connectivity index (χ1n) is 13.7. The van der Waals surface area contributed by atoms with Crippen molar-refractivity contribution in [1.82, 2.24) is 4.90 Å². The van der Waals surface area contributed by atoms with E-state index in [4.69, 9.17) is 9.47 Å². The van der Waals surface area contributed by atoms with Crippen molar-refractivity contribution in [2.24, 2.45) is 5.92 Å². The summed E-state index contributed by atoms with van der Waals surface area (Å²) in [4.78, 5) is 19.5. The van der Waals surface area contributed by atoms with Crippen molar-refractivity contribution < 1.29 is 14.3 Å². The maximum atomic E-state index is 12.6. The third kappa shape index (κ3) is 6.04. The Hall–Kier alpha value is -2.57. The molecule has 3 heterocycles. The lowest BCUT2D eigenvalue weighted by molar-refractivity contribution is -0.141. The maximum absolute atomic E-state index is 12.6. The van der Waals surface area contributed by atoms with Crippen LogP contribution >= 0.6 is 0 Å². The highest BCUT2D eigenvalue weighted by atomic mass is 16.5. The molecular weight excluding hydrogens is 450 g/mol. The summed E-state index contributed by atoms with van der Waals surface area (Å²) in [6.45, 7) is 11.4. The minimum absolute atomic E-state index is 0.0491. The van der Waals surface area contributed by atoms with Gasteiger partial charge in [-0.15, -0.1) is 0 Å². The first-order valence-corrected chi connectivity index (χ1v) is 13.7. The van der Waals surface area contributed by atoms with Crippen molar-refractivity contribution in [1.29, 1.82) is 0 Å². The number of amides is 1. The lowest BCUT2D eigenvalue weighted by Gasteiger charge is -2.47. The largest absolute Gasteiger partial charge is 0.494 e. The molecule has 1 amide bonds. The highest BCUT2D eigenvalue weighted by molar-refractivity contribution is 5.95. The number of likely N-dealkylation sites (tertiary alicyclic amines) is 1. The van der Waals surface area contributed by atoms with Gasteiger partial charge in [0.15, 0.2) is 0 Å². The lowest BCUT2D eigenvalue weighted by Crippen LogP contribution is -2.59. The molecular formula is C30H41N3O3. The van der Waals surface area contributed by atoms with E-state index in [9.17, 15) is 4.79 Å². The van der Waals surface area contributed by atoms with Crippen molar-refractivity contribution >= 4 is 17.3 Å². The molecule has 6 nitrogen and oxygen atoms in total. The second-order valence-corrected chi connectivity index (χ2v) is 11.0. The molecule has 0 unspecified atom stereocenters. The molecule has 194 valence electrons. The van der Waals surface area contributed by atoms with Gasteiger partial charge >= 0.3 is 0 Å². The molecule has 0 saturated carbocycles. The van der Waals surface area contributed by atoms with Crippen LogP contribution in [-0.2, 0) is 9.53 Å². The second-order valence-electron chi connectivity index (χ2n) is 11.0. The van der Waals surface area contributed by atoms with Gasteiger partial charge in [-0.3, -0.25) is 4.79 Å². The van der Waals surface area contributed by atoms with Gasteiger partial charge in [0.1, 0.15) is 12.4 Å². The Morgan fingerprint density at radius 1 is 1.00 bits per heavy atom. The van der Waals surface area contributed by atoms with Crippen LogP contribution in [0.4, 0.5) is 11.4 Å². The van der Waals surface area contributed by atoms with E-state index in [2.05, 4.69) is 60.0 Å². The molecule has 3 aliphatic heterocycles. The first kappa shape index (κ1) is 25.1. The Balaban J connectivity index is 1.09. The minimum Gasteiger partial charge on any atom is -0.494 e. The van der Waals surface area contributed by atoms with Gasteiger partial charge in [-0.1, -0.05) is 24.6 Å². The monoisotopic (exact) mass is 491 g/mol. The summed E-state index contributed by atoms with van der Waals surface area (Å²) < 4.78 is 12.2. The number of aryl methyl sites for hydroxylation is 1.